The van der Waals surface area contributed by atoms with Gasteiger partial charge in [0.05, 0.1) is 0 Å². The second kappa shape index (κ2) is 6.42. The summed E-state index contributed by atoms with van der Waals surface area (Å²) in [6.45, 7) is 8.63. The Labute approximate surface area is 83.5 Å². The Morgan fingerprint density at radius 2 is 1.77 bits per heavy atom. The van der Waals surface area contributed by atoms with Gasteiger partial charge in [-0.1, -0.05) is 26.7 Å². The van der Waals surface area contributed by atoms with Gasteiger partial charge in [-0.25, -0.2) is 0 Å². The molecular formula is C12H25N. The molecule has 0 aromatic heterocycles. The van der Waals surface area contributed by atoms with Gasteiger partial charge in [0.1, 0.15) is 0 Å². The van der Waals surface area contributed by atoms with Crippen molar-refractivity contribution in [2.75, 3.05) is 19.6 Å². The van der Waals surface area contributed by atoms with E-state index in [0.717, 1.165) is 5.92 Å². The van der Waals surface area contributed by atoms with E-state index in [1.807, 2.05) is 0 Å². The lowest BCUT2D eigenvalue weighted by Crippen LogP contribution is -2.27. The number of unbranched alkanes of at least 4 members (excludes halogenated alkanes) is 2. The molecule has 13 heavy (non-hydrogen) atoms. The molecule has 0 amide bonds. The van der Waals surface area contributed by atoms with E-state index in [4.69, 9.17) is 0 Å². The van der Waals surface area contributed by atoms with Crippen LogP contribution in [0.2, 0.25) is 0 Å². The van der Waals surface area contributed by atoms with Crippen LogP contribution in [0.4, 0.5) is 0 Å². The first-order chi connectivity index (χ1) is 6.36. The van der Waals surface area contributed by atoms with Gasteiger partial charge in [-0.2, -0.15) is 0 Å². The molecule has 78 valence electrons. The van der Waals surface area contributed by atoms with Gasteiger partial charge in [0.25, 0.3) is 0 Å². The Kier molecular flexibility index (Phi) is 5.45. The molecule has 1 heteroatoms. The van der Waals surface area contributed by atoms with Crippen molar-refractivity contribution in [2.45, 2.75) is 52.4 Å². The van der Waals surface area contributed by atoms with Gasteiger partial charge < -0.3 is 4.90 Å². The zero-order valence-electron chi connectivity index (χ0n) is 9.39. The molecule has 0 radical (unpaired) electrons. The van der Waals surface area contributed by atoms with E-state index < -0.39 is 0 Å². The average Bonchev–Trinajstić information content (AvgIpc) is 2.89. The Morgan fingerprint density at radius 3 is 2.31 bits per heavy atom. The maximum Gasteiger partial charge on any atom is 0.000966 e. The Morgan fingerprint density at radius 1 is 1.00 bits per heavy atom. The van der Waals surface area contributed by atoms with Crippen molar-refractivity contribution in [1.82, 2.24) is 4.90 Å². The minimum Gasteiger partial charge on any atom is -0.303 e. The lowest BCUT2D eigenvalue weighted by atomic mass is 10.2. The molecular weight excluding hydrogens is 158 g/mol. The van der Waals surface area contributed by atoms with Crippen LogP contribution in [0.25, 0.3) is 0 Å². The summed E-state index contributed by atoms with van der Waals surface area (Å²) in [7, 11) is 0. The second-order valence-electron chi connectivity index (χ2n) is 4.45. The van der Waals surface area contributed by atoms with Crippen LogP contribution in [0.15, 0.2) is 0 Å². The molecule has 1 saturated carbocycles. The zero-order valence-corrected chi connectivity index (χ0v) is 9.39. The van der Waals surface area contributed by atoms with Gasteiger partial charge in [0.2, 0.25) is 0 Å². The summed E-state index contributed by atoms with van der Waals surface area (Å²) in [5.74, 6) is 1.06. The molecule has 0 aliphatic heterocycles. The van der Waals surface area contributed by atoms with Crippen molar-refractivity contribution in [1.29, 1.82) is 0 Å². The molecule has 1 fully saturated rings. The second-order valence-corrected chi connectivity index (χ2v) is 4.45. The van der Waals surface area contributed by atoms with E-state index in [1.165, 1.54) is 58.2 Å². The molecule has 0 aromatic carbocycles. The summed E-state index contributed by atoms with van der Waals surface area (Å²) in [5, 5.41) is 0. The fourth-order valence-corrected chi connectivity index (χ4v) is 1.86. The van der Waals surface area contributed by atoms with Gasteiger partial charge in [-0.05, 0) is 44.7 Å². The van der Waals surface area contributed by atoms with Crippen molar-refractivity contribution in [3.05, 3.63) is 0 Å². The highest BCUT2D eigenvalue weighted by molar-refractivity contribution is 4.77. The van der Waals surface area contributed by atoms with Crippen molar-refractivity contribution in [2.24, 2.45) is 5.92 Å². The fourth-order valence-electron chi connectivity index (χ4n) is 1.86. The largest absolute Gasteiger partial charge is 0.303 e. The van der Waals surface area contributed by atoms with Crippen molar-refractivity contribution >= 4 is 0 Å². The lowest BCUT2D eigenvalue weighted by Gasteiger charge is -2.21. The van der Waals surface area contributed by atoms with Gasteiger partial charge >= 0.3 is 0 Å². The van der Waals surface area contributed by atoms with E-state index in [0.29, 0.717) is 0 Å². The molecule has 0 aromatic rings. The summed E-state index contributed by atoms with van der Waals surface area (Å²) in [6.07, 6.45) is 8.47. The highest BCUT2D eigenvalue weighted by Crippen LogP contribution is 2.29. The lowest BCUT2D eigenvalue weighted by molar-refractivity contribution is 0.258. The number of hydrogen-bond acceptors (Lipinski definition) is 1. The summed E-state index contributed by atoms with van der Waals surface area (Å²) >= 11 is 0. The monoisotopic (exact) mass is 183 g/mol. The molecule has 0 heterocycles. The SMILES string of the molecule is CCCCCN(CCC)CC1CC1. The minimum atomic E-state index is 1.06. The standard InChI is InChI=1S/C12H25N/c1-3-5-6-10-13(9-4-2)11-12-7-8-12/h12H,3-11H2,1-2H3. The van der Waals surface area contributed by atoms with Crippen LogP contribution < -0.4 is 0 Å². The molecule has 0 spiro atoms. The van der Waals surface area contributed by atoms with Crippen LogP contribution in [0.3, 0.4) is 0 Å². The highest BCUT2D eigenvalue weighted by Gasteiger charge is 2.23. The molecule has 0 bridgehead atoms. The topological polar surface area (TPSA) is 3.24 Å². The third-order valence-corrected chi connectivity index (χ3v) is 2.83. The molecule has 0 N–H and O–H groups in total. The van der Waals surface area contributed by atoms with Crippen LogP contribution in [-0.4, -0.2) is 24.5 Å². The van der Waals surface area contributed by atoms with E-state index in [1.54, 1.807) is 0 Å². The molecule has 1 rings (SSSR count). The molecule has 0 unspecified atom stereocenters. The van der Waals surface area contributed by atoms with Gasteiger partial charge in [-0.15, -0.1) is 0 Å². The average molecular weight is 183 g/mol. The van der Waals surface area contributed by atoms with Crippen LogP contribution in [0.5, 0.6) is 0 Å². The normalized spacial score (nSPS) is 16.8. The first-order valence-corrected chi connectivity index (χ1v) is 6.09. The Balaban J connectivity index is 2.04. The van der Waals surface area contributed by atoms with Crippen LogP contribution >= 0.6 is 0 Å². The van der Waals surface area contributed by atoms with E-state index in [-0.39, 0.29) is 0 Å². The maximum atomic E-state index is 2.67. The van der Waals surface area contributed by atoms with Crippen molar-refractivity contribution in [3.8, 4) is 0 Å². The van der Waals surface area contributed by atoms with Crippen LogP contribution in [-0.2, 0) is 0 Å². The molecule has 1 nitrogen and oxygen atoms in total. The van der Waals surface area contributed by atoms with E-state index in [2.05, 4.69) is 18.7 Å². The van der Waals surface area contributed by atoms with Crippen LogP contribution in [0.1, 0.15) is 52.4 Å². The summed E-state index contributed by atoms with van der Waals surface area (Å²) in [4.78, 5) is 2.67. The van der Waals surface area contributed by atoms with Gasteiger partial charge in [-0.3, -0.25) is 0 Å². The van der Waals surface area contributed by atoms with Crippen molar-refractivity contribution < 1.29 is 0 Å². The van der Waals surface area contributed by atoms with Crippen LogP contribution in [0, 0.1) is 5.92 Å². The Hall–Kier alpha value is -0.0400. The third-order valence-electron chi connectivity index (χ3n) is 2.83. The first-order valence-electron chi connectivity index (χ1n) is 6.09. The fraction of sp³-hybridized carbons (Fsp3) is 1.00. The van der Waals surface area contributed by atoms with Gasteiger partial charge in [0.15, 0.2) is 0 Å². The molecule has 0 saturated heterocycles. The predicted octanol–water partition coefficient (Wildman–Crippen LogP) is 3.30. The maximum absolute atomic E-state index is 2.67. The number of nitrogens with zero attached hydrogens (tertiary/aromatic N) is 1. The summed E-state index contributed by atoms with van der Waals surface area (Å²) < 4.78 is 0. The number of hydrogen-bond donors (Lipinski definition) is 0. The zero-order chi connectivity index (χ0) is 9.52. The summed E-state index contributed by atoms with van der Waals surface area (Å²) in [5.41, 5.74) is 0. The highest BCUT2D eigenvalue weighted by atomic mass is 15.1. The van der Waals surface area contributed by atoms with Crippen molar-refractivity contribution in [3.63, 3.8) is 0 Å². The molecule has 1 aliphatic carbocycles. The van der Waals surface area contributed by atoms with Gasteiger partial charge in [0, 0.05) is 6.54 Å². The first kappa shape index (κ1) is 11.0. The molecule has 1 aliphatic rings. The smallest absolute Gasteiger partial charge is 0.000966 e. The van der Waals surface area contributed by atoms with E-state index in [9.17, 15) is 0 Å². The summed E-state index contributed by atoms with van der Waals surface area (Å²) in [6, 6.07) is 0. The predicted molar refractivity (Wildman–Crippen MR) is 59.0 cm³/mol. The number of rotatable bonds is 8. The third kappa shape index (κ3) is 5.30. The van der Waals surface area contributed by atoms with E-state index >= 15 is 0 Å². The minimum absolute atomic E-state index is 1.06. The quantitative estimate of drug-likeness (QED) is 0.522. The Bertz CT molecular complexity index is 118. The molecule has 0 atom stereocenters.